The SMILES string of the molecule is CCCOC(=O)Nc1ccccc1NC1=CCC/C1=C/c1ccc(Cl)cc1. The van der Waals surface area contributed by atoms with Gasteiger partial charge in [-0.15, -0.1) is 0 Å². The number of rotatable bonds is 6. The van der Waals surface area contributed by atoms with E-state index in [1.165, 1.54) is 5.57 Å². The predicted octanol–water partition coefficient (Wildman–Crippen LogP) is 6.47. The second-order valence-corrected chi connectivity index (χ2v) is 6.75. The van der Waals surface area contributed by atoms with Crippen molar-refractivity contribution in [2.24, 2.45) is 0 Å². The molecule has 0 saturated heterocycles. The van der Waals surface area contributed by atoms with E-state index in [1.54, 1.807) is 0 Å². The van der Waals surface area contributed by atoms with Crippen LogP contribution in [0.3, 0.4) is 0 Å². The van der Waals surface area contributed by atoms with Crippen LogP contribution in [0.15, 0.2) is 65.9 Å². The highest BCUT2D eigenvalue weighted by Crippen LogP contribution is 2.31. The van der Waals surface area contributed by atoms with Crippen LogP contribution >= 0.6 is 11.6 Å². The van der Waals surface area contributed by atoms with Crippen molar-refractivity contribution >= 4 is 35.1 Å². The third kappa shape index (κ3) is 5.38. The molecule has 27 heavy (non-hydrogen) atoms. The van der Waals surface area contributed by atoms with Crippen molar-refractivity contribution in [2.75, 3.05) is 17.2 Å². The van der Waals surface area contributed by atoms with Crippen molar-refractivity contribution in [1.82, 2.24) is 0 Å². The minimum Gasteiger partial charge on any atom is -0.449 e. The van der Waals surface area contributed by atoms with Gasteiger partial charge < -0.3 is 10.1 Å². The normalized spacial score (nSPS) is 14.7. The van der Waals surface area contributed by atoms with Gasteiger partial charge >= 0.3 is 6.09 Å². The minimum atomic E-state index is -0.441. The molecule has 0 spiro atoms. The Hall–Kier alpha value is -2.72. The van der Waals surface area contributed by atoms with Gasteiger partial charge in [-0.05, 0) is 60.7 Å². The molecule has 3 rings (SSSR count). The second kappa shape index (κ2) is 9.28. The van der Waals surface area contributed by atoms with Crippen molar-refractivity contribution < 1.29 is 9.53 Å². The van der Waals surface area contributed by atoms with Crippen LogP contribution in [0.25, 0.3) is 6.08 Å². The number of nitrogens with one attached hydrogen (secondary N) is 2. The molecule has 1 aliphatic carbocycles. The van der Waals surface area contributed by atoms with Crippen LogP contribution in [0.4, 0.5) is 16.2 Å². The van der Waals surface area contributed by atoms with Gasteiger partial charge in [0.2, 0.25) is 0 Å². The number of anilines is 2. The zero-order chi connectivity index (χ0) is 19.1. The molecule has 0 bridgehead atoms. The highest BCUT2D eigenvalue weighted by molar-refractivity contribution is 6.30. The summed E-state index contributed by atoms with van der Waals surface area (Å²) >= 11 is 5.97. The van der Waals surface area contributed by atoms with E-state index in [9.17, 15) is 4.79 Å². The molecule has 5 heteroatoms. The molecule has 0 aliphatic heterocycles. The van der Waals surface area contributed by atoms with Crippen molar-refractivity contribution in [2.45, 2.75) is 26.2 Å². The topological polar surface area (TPSA) is 50.4 Å². The number of benzene rings is 2. The van der Waals surface area contributed by atoms with Gasteiger partial charge in [-0.1, -0.05) is 48.9 Å². The van der Waals surface area contributed by atoms with E-state index in [2.05, 4.69) is 22.8 Å². The lowest BCUT2D eigenvalue weighted by molar-refractivity contribution is 0.161. The van der Waals surface area contributed by atoms with E-state index >= 15 is 0 Å². The molecule has 1 aliphatic rings. The average Bonchev–Trinajstić information content (AvgIpc) is 3.10. The number of halogens is 1. The third-order valence-corrected chi connectivity index (χ3v) is 4.44. The molecule has 0 aromatic heterocycles. The summed E-state index contributed by atoms with van der Waals surface area (Å²) in [6.07, 6.45) is 6.64. The fourth-order valence-corrected chi connectivity index (χ4v) is 2.99. The molecule has 140 valence electrons. The largest absolute Gasteiger partial charge is 0.449 e. The van der Waals surface area contributed by atoms with Gasteiger partial charge in [-0.3, -0.25) is 5.32 Å². The Balaban J connectivity index is 1.74. The van der Waals surface area contributed by atoms with Crippen LogP contribution < -0.4 is 10.6 Å². The molecule has 4 nitrogen and oxygen atoms in total. The lowest BCUT2D eigenvalue weighted by Crippen LogP contribution is -2.15. The Morgan fingerprint density at radius 2 is 1.89 bits per heavy atom. The summed E-state index contributed by atoms with van der Waals surface area (Å²) in [6.45, 7) is 2.37. The van der Waals surface area contributed by atoms with E-state index in [1.807, 2.05) is 55.5 Å². The molecular weight excluding hydrogens is 360 g/mol. The monoisotopic (exact) mass is 382 g/mol. The molecule has 2 aromatic carbocycles. The van der Waals surface area contributed by atoms with Crippen LogP contribution in [0, 0.1) is 0 Å². The van der Waals surface area contributed by atoms with Crippen LogP contribution in [-0.4, -0.2) is 12.7 Å². The maximum absolute atomic E-state index is 11.9. The van der Waals surface area contributed by atoms with Crippen molar-refractivity contribution in [3.63, 3.8) is 0 Å². The number of hydrogen-bond donors (Lipinski definition) is 2. The van der Waals surface area contributed by atoms with Crippen LogP contribution in [0.1, 0.15) is 31.7 Å². The van der Waals surface area contributed by atoms with Gasteiger partial charge in [0.25, 0.3) is 0 Å². The van der Waals surface area contributed by atoms with E-state index in [-0.39, 0.29) is 0 Å². The third-order valence-electron chi connectivity index (χ3n) is 4.19. The molecule has 2 aromatic rings. The van der Waals surface area contributed by atoms with Gasteiger partial charge in [0, 0.05) is 10.7 Å². The summed E-state index contributed by atoms with van der Waals surface area (Å²) in [4.78, 5) is 11.9. The molecule has 1 amide bonds. The number of carbonyl (C=O) groups is 1. The molecule has 0 atom stereocenters. The van der Waals surface area contributed by atoms with E-state index < -0.39 is 6.09 Å². The van der Waals surface area contributed by atoms with Crippen molar-refractivity contribution in [1.29, 1.82) is 0 Å². The molecule has 0 radical (unpaired) electrons. The number of allylic oxidation sites excluding steroid dienone is 2. The van der Waals surface area contributed by atoms with Crippen LogP contribution in [0.2, 0.25) is 5.02 Å². The summed E-state index contributed by atoms with van der Waals surface area (Å²) in [5, 5.41) is 6.98. The number of para-hydroxylation sites is 2. The fraction of sp³-hybridized carbons (Fsp3) is 0.227. The highest BCUT2D eigenvalue weighted by atomic mass is 35.5. The molecule has 0 heterocycles. The van der Waals surface area contributed by atoms with Crippen molar-refractivity contribution in [3.8, 4) is 0 Å². The maximum atomic E-state index is 11.9. The Morgan fingerprint density at radius 3 is 2.63 bits per heavy atom. The number of amides is 1. The Bertz CT molecular complexity index is 857. The van der Waals surface area contributed by atoms with Gasteiger partial charge in [-0.2, -0.15) is 0 Å². The van der Waals surface area contributed by atoms with Gasteiger partial charge in [0.15, 0.2) is 0 Å². The minimum absolute atomic E-state index is 0.403. The standard InChI is InChI=1S/C22H23ClN2O2/c1-2-14-27-22(26)25-21-8-4-3-7-20(21)24-19-9-5-6-17(19)15-16-10-12-18(23)13-11-16/h3-4,7-13,15,24H,2,5-6,14H2,1H3,(H,25,26)/b17-15-. The first-order valence-electron chi connectivity index (χ1n) is 9.12. The Kier molecular flexibility index (Phi) is 6.55. The summed E-state index contributed by atoms with van der Waals surface area (Å²) in [5.41, 5.74) is 4.92. The summed E-state index contributed by atoms with van der Waals surface area (Å²) < 4.78 is 5.12. The van der Waals surface area contributed by atoms with Crippen LogP contribution in [0.5, 0.6) is 0 Å². The average molecular weight is 383 g/mol. The quantitative estimate of drug-likeness (QED) is 0.601. The van der Waals surface area contributed by atoms with Gasteiger partial charge in [0.05, 0.1) is 18.0 Å². The summed E-state index contributed by atoms with van der Waals surface area (Å²) in [7, 11) is 0. The Labute approximate surface area is 164 Å². The zero-order valence-corrected chi connectivity index (χ0v) is 16.1. The summed E-state index contributed by atoms with van der Waals surface area (Å²) in [5.74, 6) is 0. The van der Waals surface area contributed by atoms with E-state index in [4.69, 9.17) is 16.3 Å². The van der Waals surface area contributed by atoms with Gasteiger partial charge in [-0.25, -0.2) is 4.79 Å². The smallest absolute Gasteiger partial charge is 0.411 e. The molecular formula is C22H23ClN2O2. The van der Waals surface area contributed by atoms with Crippen molar-refractivity contribution in [3.05, 3.63) is 76.5 Å². The zero-order valence-electron chi connectivity index (χ0n) is 15.3. The second-order valence-electron chi connectivity index (χ2n) is 6.31. The predicted molar refractivity (Wildman–Crippen MR) is 112 cm³/mol. The first kappa shape index (κ1) is 19.1. The van der Waals surface area contributed by atoms with Crippen LogP contribution in [-0.2, 0) is 4.74 Å². The fourth-order valence-electron chi connectivity index (χ4n) is 2.87. The highest BCUT2D eigenvalue weighted by Gasteiger charge is 2.14. The number of carbonyl (C=O) groups excluding carboxylic acids is 1. The van der Waals surface area contributed by atoms with E-state index in [0.717, 1.165) is 41.2 Å². The maximum Gasteiger partial charge on any atom is 0.411 e. The Morgan fingerprint density at radius 1 is 1.15 bits per heavy atom. The van der Waals surface area contributed by atoms with Gasteiger partial charge in [0.1, 0.15) is 0 Å². The molecule has 0 saturated carbocycles. The first-order valence-corrected chi connectivity index (χ1v) is 9.50. The number of ether oxygens (including phenoxy) is 1. The molecule has 0 fully saturated rings. The molecule has 0 unspecified atom stereocenters. The lowest BCUT2D eigenvalue weighted by Gasteiger charge is -2.15. The number of hydrogen-bond acceptors (Lipinski definition) is 3. The van der Waals surface area contributed by atoms with E-state index in [0.29, 0.717) is 12.3 Å². The first-order chi connectivity index (χ1) is 13.2. The lowest BCUT2D eigenvalue weighted by atomic mass is 10.1. The molecule has 2 N–H and O–H groups in total. The summed E-state index contributed by atoms with van der Waals surface area (Å²) in [6, 6.07) is 15.4.